The van der Waals surface area contributed by atoms with E-state index in [1.807, 2.05) is 6.92 Å². The van der Waals surface area contributed by atoms with Gasteiger partial charge in [0, 0.05) is 0 Å². The fourth-order valence-corrected chi connectivity index (χ4v) is 2.18. The molecule has 1 aromatic carbocycles. The molecule has 19 heavy (non-hydrogen) atoms. The lowest BCUT2D eigenvalue weighted by Gasteiger charge is -2.06. The highest BCUT2D eigenvalue weighted by Crippen LogP contribution is 2.29. The topological polar surface area (TPSA) is 75.3 Å². The van der Waals surface area contributed by atoms with E-state index in [4.69, 9.17) is 16.7 Å². The van der Waals surface area contributed by atoms with Gasteiger partial charge in [0.1, 0.15) is 22.2 Å². The minimum absolute atomic E-state index is 0.00501. The molecule has 0 aliphatic rings. The lowest BCUT2D eigenvalue weighted by Crippen LogP contribution is -2.00. The molecule has 0 radical (unpaired) electrons. The molecule has 100 valence electrons. The Morgan fingerprint density at radius 2 is 2.16 bits per heavy atom. The maximum Gasteiger partial charge on any atom is 0.340 e. The smallest absolute Gasteiger partial charge is 0.340 e. The Balaban J connectivity index is 2.70. The zero-order valence-corrected chi connectivity index (χ0v) is 11.3. The molecule has 2 N–H and O–H groups in total. The van der Waals surface area contributed by atoms with Crippen LogP contribution in [-0.4, -0.2) is 26.0 Å². The van der Waals surface area contributed by atoms with E-state index in [1.165, 1.54) is 10.7 Å². The molecule has 0 saturated heterocycles. The van der Waals surface area contributed by atoms with Crippen molar-refractivity contribution in [3.05, 3.63) is 40.2 Å². The van der Waals surface area contributed by atoms with Crippen LogP contribution in [-0.2, 0) is 6.42 Å². The van der Waals surface area contributed by atoms with Gasteiger partial charge in [0.15, 0.2) is 0 Å². The van der Waals surface area contributed by atoms with Gasteiger partial charge in [-0.15, -0.1) is 0 Å². The summed E-state index contributed by atoms with van der Waals surface area (Å²) in [6, 6.07) is 4.96. The highest BCUT2D eigenvalue weighted by atomic mass is 35.5. The number of carbonyl (C=O) groups is 1. The van der Waals surface area contributed by atoms with Crippen LogP contribution in [0.25, 0.3) is 5.69 Å². The molecule has 1 heterocycles. The molecule has 0 spiro atoms. The molecule has 2 aromatic rings. The molecule has 5 nitrogen and oxygen atoms in total. The van der Waals surface area contributed by atoms with E-state index in [-0.39, 0.29) is 16.5 Å². The van der Waals surface area contributed by atoms with E-state index < -0.39 is 5.97 Å². The van der Waals surface area contributed by atoms with Crippen LogP contribution in [0.2, 0.25) is 5.15 Å². The highest BCUT2D eigenvalue weighted by Gasteiger charge is 2.23. The van der Waals surface area contributed by atoms with Crippen molar-refractivity contribution in [1.82, 2.24) is 9.78 Å². The molecule has 0 bridgehead atoms. The van der Waals surface area contributed by atoms with Crippen molar-refractivity contribution in [3.63, 3.8) is 0 Å². The van der Waals surface area contributed by atoms with Crippen molar-refractivity contribution in [3.8, 4) is 11.4 Å². The number of rotatable bonds is 3. The molecule has 0 fully saturated rings. The summed E-state index contributed by atoms with van der Waals surface area (Å²) >= 11 is 6.07. The van der Waals surface area contributed by atoms with Crippen LogP contribution < -0.4 is 0 Å². The van der Waals surface area contributed by atoms with Crippen LogP contribution in [0.5, 0.6) is 5.75 Å². The lowest BCUT2D eigenvalue weighted by molar-refractivity contribution is 0.0696. The zero-order chi connectivity index (χ0) is 14.2. The third kappa shape index (κ3) is 2.29. The second-order valence-electron chi connectivity index (χ2n) is 4.18. The van der Waals surface area contributed by atoms with Gasteiger partial charge in [0.25, 0.3) is 0 Å². The van der Waals surface area contributed by atoms with Gasteiger partial charge in [-0.3, -0.25) is 0 Å². The molecule has 0 unspecified atom stereocenters. The molecule has 2 rings (SSSR count). The number of carboxylic acid groups (broad SMARTS) is 1. The Morgan fingerprint density at radius 1 is 1.47 bits per heavy atom. The molecule has 0 amide bonds. The van der Waals surface area contributed by atoms with Crippen LogP contribution >= 0.6 is 11.6 Å². The standard InChI is InChI=1S/C13H13ClN2O3/c1-3-8-11(13(18)19)12(14)16(15-8)9-6-7(2)4-5-10(9)17/h4-6,17H,3H2,1-2H3,(H,18,19). The largest absolute Gasteiger partial charge is 0.506 e. The number of carboxylic acids is 1. The van der Waals surface area contributed by atoms with E-state index >= 15 is 0 Å². The Hall–Kier alpha value is -2.01. The monoisotopic (exact) mass is 280 g/mol. The van der Waals surface area contributed by atoms with E-state index in [1.54, 1.807) is 19.1 Å². The predicted octanol–water partition coefficient (Wildman–Crippen LogP) is 2.80. The Morgan fingerprint density at radius 3 is 2.68 bits per heavy atom. The maximum absolute atomic E-state index is 11.2. The van der Waals surface area contributed by atoms with E-state index in [0.29, 0.717) is 17.8 Å². The molecule has 0 saturated carbocycles. The van der Waals surface area contributed by atoms with Crippen molar-refractivity contribution in [2.45, 2.75) is 20.3 Å². The van der Waals surface area contributed by atoms with Crippen LogP contribution in [0.1, 0.15) is 28.5 Å². The molecule has 6 heteroatoms. The number of aryl methyl sites for hydroxylation is 2. The second kappa shape index (κ2) is 4.93. The van der Waals surface area contributed by atoms with Crippen molar-refractivity contribution >= 4 is 17.6 Å². The summed E-state index contributed by atoms with van der Waals surface area (Å²) in [4.78, 5) is 11.2. The Labute approximate surface area is 115 Å². The number of aromatic carboxylic acids is 1. The molecule has 0 atom stereocenters. The zero-order valence-electron chi connectivity index (χ0n) is 10.5. The number of phenolic OH excluding ortho intramolecular Hbond substituents is 1. The van der Waals surface area contributed by atoms with Crippen molar-refractivity contribution in [1.29, 1.82) is 0 Å². The van der Waals surface area contributed by atoms with Gasteiger partial charge in [0.05, 0.1) is 5.69 Å². The number of hydrogen-bond donors (Lipinski definition) is 2. The van der Waals surface area contributed by atoms with Crippen LogP contribution in [0.4, 0.5) is 0 Å². The summed E-state index contributed by atoms with van der Waals surface area (Å²) in [7, 11) is 0. The Bertz CT molecular complexity index is 650. The van der Waals surface area contributed by atoms with Crippen molar-refractivity contribution < 1.29 is 15.0 Å². The fourth-order valence-electron chi connectivity index (χ4n) is 1.86. The van der Waals surface area contributed by atoms with Gasteiger partial charge in [-0.2, -0.15) is 5.10 Å². The highest BCUT2D eigenvalue weighted by molar-refractivity contribution is 6.33. The average molecular weight is 281 g/mol. The summed E-state index contributed by atoms with van der Waals surface area (Å²) in [5.74, 6) is -1.13. The summed E-state index contributed by atoms with van der Waals surface area (Å²) in [5, 5.41) is 23.2. The summed E-state index contributed by atoms with van der Waals surface area (Å²) < 4.78 is 1.26. The first-order valence-corrected chi connectivity index (χ1v) is 6.14. The number of nitrogens with zero attached hydrogens (tertiary/aromatic N) is 2. The minimum atomic E-state index is -1.12. The van der Waals surface area contributed by atoms with Gasteiger partial charge < -0.3 is 10.2 Å². The van der Waals surface area contributed by atoms with Crippen LogP contribution in [0, 0.1) is 6.92 Å². The molecule has 0 aliphatic carbocycles. The first-order chi connectivity index (χ1) is 8.95. The van der Waals surface area contributed by atoms with E-state index in [9.17, 15) is 9.90 Å². The van der Waals surface area contributed by atoms with Crippen LogP contribution in [0.15, 0.2) is 18.2 Å². The van der Waals surface area contributed by atoms with Crippen LogP contribution in [0.3, 0.4) is 0 Å². The molecule has 0 aliphatic heterocycles. The molecule has 1 aromatic heterocycles. The number of aromatic hydroxyl groups is 1. The predicted molar refractivity (Wildman–Crippen MR) is 71.3 cm³/mol. The van der Waals surface area contributed by atoms with Gasteiger partial charge in [-0.05, 0) is 31.0 Å². The SMILES string of the molecule is CCc1nn(-c2cc(C)ccc2O)c(Cl)c1C(=O)O. The number of phenols is 1. The quantitative estimate of drug-likeness (QED) is 0.906. The number of benzene rings is 1. The second-order valence-corrected chi connectivity index (χ2v) is 4.53. The summed E-state index contributed by atoms with van der Waals surface area (Å²) in [6.07, 6.45) is 0.445. The van der Waals surface area contributed by atoms with E-state index in [2.05, 4.69) is 5.10 Å². The summed E-state index contributed by atoms with van der Waals surface area (Å²) in [5.41, 5.74) is 1.64. The third-order valence-corrected chi connectivity index (χ3v) is 3.16. The normalized spacial score (nSPS) is 10.7. The fraction of sp³-hybridized carbons (Fsp3) is 0.231. The number of hydrogen-bond acceptors (Lipinski definition) is 3. The van der Waals surface area contributed by atoms with Crippen molar-refractivity contribution in [2.24, 2.45) is 0 Å². The first-order valence-electron chi connectivity index (χ1n) is 5.76. The lowest BCUT2D eigenvalue weighted by atomic mass is 10.2. The number of halogens is 1. The third-order valence-electron chi connectivity index (χ3n) is 2.81. The number of aromatic nitrogens is 2. The minimum Gasteiger partial charge on any atom is -0.506 e. The van der Waals surface area contributed by atoms with Gasteiger partial charge >= 0.3 is 5.97 Å². The molecular weight excluding hydrogens is 268 g/mol. The average Bonchev–Trinajstić information content (AvgIpc) is 2.69. The Kier molecular flexibility index (Phi) is 3.48. The molecular formula is C13H13ClN2O3. The van der Waals surface area contributed by atoms with Gasteiger partial charge in [-0.1, -0.05) is 24.6 Å². The van der Waals surface area contributed by atoms with Gasteiger partial charge in [0.2, 0.25) is 0 Å². The summed E-state index contributed by atoms with van der Waals surface area (Å²) in [6.45, 7) is 3.66. The first kappa shape index (κ1) is 13.4. The van der Waals surface area contributed by atoms with Gasteiger partial charge in [-0.25, -0.2) is 9.48 Å². The van der Waals surface area contributed by atoms with Crippen molar-refractivity contribution in [2.75, 3.05) is 0 Å². The van der Waals surface area contributed by atoms with E-state index in [0.717, 1.165) is 5.56 Å². The maximum atomic E-state index is 11.2.